The molecule has 0 radical (unpaired) electrons. The largest absolute Gasteiger partial charge is 0.351 e. The lowest BCUT2D eigenvalue weighted by Gasteiger charge is -2.07. The molecule has 0 unspecified atom stereocenters. The molecule has 0 atom stereocenters. The molecule has 0 amide bonds. The van der Waals surface area contributed by atoms with Crippen molar-refractivity contribution in [3.05, 3.63) is 21.7 Å². The van der Waals surface area contributed by atoms with Gasteiger partial charge in [0.15, 0.2) is 5.42 Å². The average molecular weight is 269 g/mol. The van der Waals surface area contributed by atoms with Gasteiger partial charge in [-0.2, -0.15) is 0 Å². The van der Waals surface area contributed by atoms with E-state index in [9.17, 15) is 4.39 Å². The SMILES string of the molecule is C/C=c1/c(N=C2C=C(Cl)CCC2)noc1=C(C)F. The van der Waals surface area contributed by atoms with E-state index in [1.165, 1.54) is 6.92 Å². The van der Waals surface area contributed by atoms with Gasteiger partial charge in [0.1, 0.15) is 5.83 Å². The Hall–Kier alpha value is -1.42. The van der Waals surface area contributed by atoms with Crippen LogP contribution in [0.2, 0.25) is 0 Å². The van der Waals surface area contributed by atoms with E-state index >= 15 is 0 Å². The quantitative estimate of drug-likeness (QED) is 0.785. The van der Waals surface area contributed by atoms with Crippen LogP contribution in [0.15, 0.2) is 20.6 Å². The lowest BCUT2D eigenvalue weighted by atomic mass is 10.1. The fourth-order valence-corrected chi connectivity index (χ4v) is 2.13. The van der Waals surface area contributed by atoms with Crippen LogP contribution in [0, 0.1) is 0 Å². The molecule has 96 valence electrons. The second-order valence-electron chi connectivity index (χ2n) is 4.12. The molecular formula is C13H14ClFN2O. The number of hydrogen-bond donors (Lipinski definition) is 0. The van der Waals surface area contributed by atoms with Crippen molar-refractivity contribution in [2.24, 2.45) is 4.99 Å². The van der Waals surface area contributed by atoms with E-state index in [1.807, 2.05) is 6.08 Å². The molecule has 0 spiro atoms. The van der Waals surface area contributed by atoms with E-state index in [2.05, 4.69) is 10.1 Å². The lowest BCUT2D eigenvalue weighted by molar-refractivity contribution is 0.387. The molecule has 1 aromatic heterocycles. The van der Waals surface area contributed by atoms with Crippen molar-refractivity contribution in [2.45, 2.75) is 33.1 Å². The molecule has 0 N–H and O–H groups in total. The van der Waals surface area contributed by atoms with Crippen molar-refractivity contribution in [3.8, 4) is 0 Å². The highest BCUT2D eigenvalue weighted by atomic mass is 35.5. The van der Waals surface area contributed by atoms with Crippen molar-refractivity contribution in [2.75, 3.05) is 0 Å². The Morgan fingerprint density at radius 2 is 2.33 bits per heavy atom. The molecule has 1 aliphatic rings. The summed E-state index contributed by atoms with van der Waals surface area (Å²) in [6, 6.07) is 0. The summed E-state index contributed by atoms with van der Waals surface area (Å²) in [7, 11) is 0. The zero-order valence-corrected chi connectivity index (χ0v) is 11.1. The van der Waals surface area contributed by atoms with Crippen molar-refractivity contribution in [1.82, 2.24) is 5.16 Å². The molecule has 1 aliphatic carbocycles. The number of rotatable bonds is 1. The maximum atomic E-state index is 13.2. The van der Waals surface area contributed by atoms with Gasteiger partial charge in [0.25, 0.3) is 0 Å². The van der Waals surface area contributed by atoms with E-state index in [0.29, 0.717) is 11.0 Å². The van der Waals surface area contributed by atoms with Crippen LogP contribution in [-0.2, 0) is 0 Å². The molecule has 0 bridgehead atoms. The Bertz CT molecular complexity index is 624. The molecule has 18 heavy (non-hydrogen) atoms. The fraction of sp³-hybridized carbons (Fsp3) is 0.385. The standard InChI is InChI=1S/C13H14ClFN2O/c1-3-11-12(8(2)15)18-17-13(11)16-10-6-4-5-9(14)7-10/h3,7H,4-6H2,1-2H3/b11-3+,12-8?,16-10?. The summed E-state index contributed by atoms with van der Waals surface area (Å²) < 4.78 is 18.2. The molecule has 0 saturated heterocycles. The second kappa shape index (κ2) is 5.48. The molecule has 1 heterocycles. The number of aromatic nitrogens is 1. The highest BCUT2D eigenvalue weighted by Gasteiger charge is 2.10. The van der Waals surface area contributed by atoms with Gasteiger partial charge >= 0.3 is 0 Å². The Kier molecular flexibility index (Phi) is 3.97. The van der Waals surface area contributed by atoms with Gasteiger partial charge in [0, 0.05) is 10.7 Å². The van der Waals surface area contributed by atoms with Crippen molar-refractivity contribution < 1.29 is 8.91 Å². The van der Waals surface area contributed by atoms with Crippen LogP contribution in [-0.4, -0.2) is 10.9 Å². The summed E-state index contributed by atoms with van der Waals surface area (Å²) in [5.41, 5.74) is 0.994. The van der Waals surface area contributed by atoms with Gasteiger partial charge in [0.2, 0.25) is 5.82 Å². The third kappa shape index (κ3) is 2.70. The van der Waals surface area contributed by atoms with E-state index in [4.69, 9.17) is 16.1 Å². The van der Waals surface area contributed by atoms with Crippen LogP contribution in [0.25, 0.3) is 11.9 Å². The predicted octanol–water partition coefficient (Wildman–Crippen LogP) is 2.95. The van der Waals surface area contributed by atoms with Gasteiger partial charge in [-0.15, -0.1) is 0 Å². The van der Waals surface area contributed by atoms with Crippen LogP contribution in [0.5, 0.6) is 0 Å². The summed E-state index contributed by atoms with van der Waals surface area (Å²) in [4.78, 5) is 4.38. The molecular weight excluding hydrogens is 255 g/mol. The number of aliphatic imine (C=N–C) groups is 1. The first-order valence-corrected chi connectivity index (χ1v) is 6.21. The van der Waals surface area contributed by atoms with Crippen LogP contribution < -0.4 is 10.6 Å². The number of halogens is 2. The Balaban J connectivity index is 2.52. The fourth-order valence-electron chi connectivity index (χ4n) is 1.87. The summed E-state index contributed by atoms with van der Waals surface area (Å²) >= 11 is 5.97. The smallest absolute Gasteiger partial charge is 0.203 e. The van der Waals surface area contributed by atoms with Crippen LogP contribution in [0.4, 0.5) is 10.2 Å². The van der Waals surface area contributed by atoms with Crippen molar-refractivity contribution >= 4 is 35.0 Å². The normalized spacial score (nSPS) is 21.2. The first-order chi connectivity index (χ1) is 8.61. The zero-order valence-electron chi connectivity index (χ0n) is 10.3. The maximum absolute atomic E-state index is 13.2. The Morgan fingerprint density at radius 1 is 1.56 bits per heavy atom. The van der Waals surface area contributed by atoms with E-state index < -0.39 is 5.83 Å². The van der Waals surface area contributed by atoms with Crippen LogP contribution in [0.3, 0.4) is 0 Å². The first-order valence-electron chi connectivity index (χ1n) is 5.84. The van der Waals surface area contributed by atoms with Gasteiger partial charge in [-0.3, -0.25) is 0 Å². The van der Waals surface area contributed by atoms with E-state index in [0.717, 1.165) is 30.0 Å². The van der Waals surface area contributed by atoms with Gasteiger partial charge in [-0.05, 0) is 39.2 Å². The molecule has 0 aromatic carbocycles. The minimum Gasteiger partial charge on any atom is -0.351 e. The monoisotopic (exact) mass is 268 g/mol. The van der Waals surface area contributed by atoms with Crippen LogP contribution >= 0.6 is 11.6 Å². The third-order valence-electron chi connectivity index (χ3n) is 2.73. The lowest BCUT2D eigenvalue weighted by Crippen LogP contribution is -2.21. The van der Waals surface area contributed by atoms with Crippen molar-refractivity contribution in [1.29, 1.82) is 0 Å². The minimum atomic E-state index is -0.403. The molecule has 2 rings (SSSR count). The van der Waals surface area contributed by atoms with Crippen LogP contribution in [0.1, 0.15) is 33.1 Å². The van der Waals surface area contributed by atoms with Gasteiger partial charge in [0.05, 0.1) is 5.22 Å². The molecule has 1 aromatic rings. The highest BCUT2D eigenvalue weighted by Crippen LogP contribution is 2.20. The molecule has 3 nitrogen and oxygen atoms in total. The number of hydrogen-bond acceptors (Lipinski definition) is 3. The average Bonchev–Trinajstić information content (AvgIpc) is 2.72. The van der Waals surface area contributed by atoms with Gasteiger partial charge < -0.3 is 4.52 Å². The second-order valence-corrected chi connectivity index (χ2v) is 4.60. The molecule has 0 saturated carbocycles. The maximum Gasteiger partial charge on any atom is 0.203 e. The molecule has 0 aliphatic heterocycles. The third-order valence-corrected chi connectivity index (χ3v) is 3.03. The summed E-state index contributed by atoms with van der Waals surface area (Å²) in [5, 5.41) is 5.17. The summed E-state index contributed by atoms with van der Waals surface area (Å²) in [6.07, 6.45) is 6.28. The van der Waals surface area contributed by atoms with Gasteiger partial charge in [-0.1, -0.05) is 22.8 Å². The molecule has 0 fully saturated rings. The predicted molar refractivity (Wildman–Crippen MR) is 71.0 cm³/mol. The zero-order chi connectivity index (χ0) is 13.1. The topological polar surface area (TPSA) is 38.4 Å². The Labute approximate surface area is 109 Å². The molecule has 5 heteroatoms. The number of nitrogens with zero attached hydrogens (tertiary/aromatic N) is 2. The Morgan fingerprint density at radius 3 is 2.94 bits per heavy atom. The number of allylic oxidation sites excluding steroid dienone is 2. The first kappa shape index (κ1) is 13.0. The van der Waals surface area contributed by atoms with Crippen molar-refractivity contribution in [3.63, 3.8) is 0 Å². The summed E-state index contributed by atoms with van der Waals surface area (Å²) in [5.74, 6) is 0.00128. The minimum absolute atomic E-state index is 0.141. The summed E-state index contributed by atoms with van der Waals surface area (Å²) in [6.45, 7) is 3.13. The van der Waals surface area contributed by atoms with E-state index in [-0.39, 0.29) is 5.42 Å². The van der Waals surface area contributed by atoms with Gasteiger partial charge in [-0.25, -0.2) is 9.38 Å². The highest BCUT2D eigenvalue weighted by molar-refractivity contribution is 6.31. The van der Waals surface area contributed by atoms with E-state index in [1.54, 1.807) is 13.0 Å².